The molecule has 2 atom stereocenters. The Kier molecular flexibility index (Phi) is 7.14. The normalized spacial score (nSPS) is 22.3. The number of fused-ring (bicyclic) bond motifs is 2. The fourth-order valence-corrected chi connectivity index (χ4v) is 5.92. The molecule has 0 aromatic heterocycles. The fourth-order valence-electron chi connectivity index (χ4n) is 5.92. The zero-order valence-electron chi connectivity index (χ0n) is 21.2. The highest BCUT2D eigenvalue weighted by Crippen LogP contribution is 2.37. The molecule has 196 valence electrons. The summed E-state index contributed by atoms with van der Waals surface area (Å²) in [6, 6.07) is 16.6. The Balaban J connectivity index is 1.30. The van der Waals surface area contributed by atoms with E-state index in [2.05, 4.69) is 39.0 Å². The second kappa shape index (κ2) is 10.6. The topological polar surface area (TPSA) is 128 Å². The van der Waals surface area contributed by atoms with E-state index in [1.165, 1.54) is 11.3 Å². The van der Waals surface area contributed by atoms with Crippen LogP contribution in [0.25, 0.3) is 5.70 Å². The molecule has 0 aliphatic carbocycles. The van der Waals surface area contributed by atoms with Gasteiger partial charge >= 0.3 is 0 Å². The van der Waals surface area contributed by atoms with Crippen LogP contribution in [0.4, 0.5) is 5.69 Å². The predicted molar refractivity (Wildman–Crippen MR) is 146 cm³/mol. The minimum Gasteiger partial charge on any atom is -0.507 e. The van der Waals surface area contributed by atoms with Crippen LogP contribution in [0.5, 0.6) is 5.75 Å². The van der Waals surface area contributed by atoms with Crippen LogP contribution in [0.3, 0.4) is 0 Å². The Morgan fingerprint density at radius 3 is 2.30 bits per heavy atom. The number of phenolic OH excluding ortho intramolecular Hbond substituents is 1. The number of carbonyl (C=O) groups is 1. The third-order valence-corrected chi connectivity index (χ3v) is 7.80. The molecule has 3 fully saturated rings. The number of anilines is 1. The number of likely N-dealkylation sites (tertiary alicyclic amines) is 1. The summed E-state index contributed by atoms with van der Waals surface area (Å²) in [7, 11) is 0. The van der Waals surface area contributed by atoms with Gasteiger partial charge in [0, 0.05) is 74.8 Å². The van der Waals surface area contributed by atoms with Crippen LogP contribution in [0, 0.1) is 0 Å². The first-order chi connectivity index (χ1) is 17.9. The monoisotopic (exact) mass is 503 g/mol. The zero-order valence-corrected chi connectivity index (χ0v) is 21.2. The molecule has 3 heterocycles. The molecule has 2 aromatic carbocycles. The van der Waals surface area contributed by atoms with Gasteiger partial charge in [-0.05, 0) is 48.7 Å². The van der Waals surface area contributed by atoms with Gasteiger partial charge in [-0.25, -0.2) is 0 Å². The number of piperazine rings is 2. The van der Waals surface area contributed by atoms with Gasteiger partial charge in [-0.3, -0.25) is 9.69 Å². The average Bonchev–Trinajstić information content (AvgIpc) is 3.17. The number of allylic oxidation sites excluding steroid dienone is 1. The van der Waals surface area contributed by atoms with E-state index < -0.39 is 0 Å². The van der Waals surface area contributed by atoms with Gasteiger partial charge in [0.1, 0.15) is 11.6 Å². The van der Waals surface area contributed by atoms with E-state index in [0.717, 1.165) is 65.1 Å². The molecule has 3 saturated heterocycles. The number of para-hydroxylation sites is 1. The van der Waals surface area contributed by atoms with E-state index in [4.69, 9.17) is 17.2 Å². The predicted octanol–water partition coefficient (Wildman–Crippen LogP) is 1.41. The maximum Gasteiger partial charge on any atom is 0.209 e. The number of benzene rings is 2. The molecule has 7 N–H and O–H groups in total. The molecule has 5 rings (SSSR count). The second-order valence-electron chi connectivity index (χ2n) is 10.2. The van der Waals surface area contributed by atoms with Crippen molar-refractivity contribution in [3.8, 4) is 5.75 Å². The lowest BCUT2D eigenvalue weighted by Crippen LogP contribution is -2.54. The molecular formula is C28H37N7O2. The highest BCUT2D eigenvalue weighted by Gasteiger charge is 2.40. The molecule has 2 aromatic rings. The molecule has 2 bridgehead atoms. The zero-order chi connectivity index (χ0) is 25.9. The highest BCUT2D eigenvalue weighted by atomic mass is 16.3. The van der Waals surface area contributed by atoms with Crippen molar-refractivity contribution >= 4 is 17.8 Å². The molecule has 0 radical (unpaired) electrons. The second-order valence-corrected chi connectivity index (χ2v) is 10.2. The minimum absolute atomic E-state index is 0.126. The van der Waals surface area contributed by atoms with Crippen LogP contribution in [-0.4, -0.2) is 77.6 Å². The minimum atomic E-state index is 0.126. The van der Waals surface area contributed by atoms with Crippen LogP contribution in [0.1, 0.15) is 24.0 Å². The Hall–Kier alpha value is -3.85. The SMILES string of the molecule is NC(N)=C(/C=C(\N)c1ccccc1O)N1CC2CCC(C1)N2c1cccc(CN2CCN(C=O)CC2)c1. The van der Waals surface area contributed by atoms with Crippen molar-refractivity contribution in [3.63, 3.8) is 0 Å². The van der Waals surface area contributed by atoms with Crippen LogP contribution in [0.15, 0.2) is 66.1 Å². The third-order valence-electron chi connectivity index (χ3n) is 7.80. The number of hydrogen-bond donors (Lipinski definition) is 4. The van der Waals surface area contributed by atoms with Crippen molar-refractivity contribution < 1.29 is 9.90 Å². The van der Waals surface area contributed by atoms with Crippen molar-refractivity contribution in [2.75, 3.05) is 44.2 Å². The first kappa shape index (κ1) is 24.8. The number of nitrogens with zero attached hydrogens (tertiary/aromatic N) is 4. The van der Waals surface area contributed by atoms with Crippen molar-refractivity contribution in [1.82, 2.24) is 14.7 Å². The lowest BCUT2D eigenvalue weighted by atomic mass is 10.1. The van der Waals surface area contributed by atoms with Crippen molar-refractivity contribution in [3.05, 3.63) is 77.3 Å². The number of rotatable bonds is 7. The number of nitrogens with two attached hydrogens (primary N) is 3. The largest absolute Gasteiger partial charge is 0.507 e. The maximum absolute atomic E-state index is 11.0. The lowest BCUT2D eigenvalue weighted by molar-refractivity contribution is -0.119. The number of amides is 1. The number of carbonyl (C=O) groups excluding carboxylic acids is 1. The van der Waals surface area contributed by atoms with Crippen LogP contribution < -0.4 is 22.1 Å². The third kappa shape index (κ3) is 5.32. The molecule has 37 heavy (non-hydrogen) atoms. The van der Waals surface area contributed by atoms with Crippen LogP contribution >= 0.6 is 0 Å². The molecule has 1 amide bonds. The van der Waals surface area contributed by atoms with Gasteiger partial charge in [-0.2, -0.15) is 0 Å². The molecule has 3 aliphatic rings. The van der Waals surface area contributed by atoms with Crippen molar-refractivity contribution in [1.29, 1.82) is 0 Å². The molecular weight excluding hydrogens is 466 g/mol. The summed E-state index contributed by atoms with van der Waals surface area (Å²) in [5.41, 5.74) is 22.9. The summed E-state index contributed by atoms with van der Waals surface area (Å²) >= 11 is 0. The molecule has 3 aliphatic heterocycles. The Morgan fingerprint density at radius 2 is 1.65 bits per heavy atom. The van der Waals surface area contributed by atoms with Gasteiger partial charge in [0.05, 0.1) is 5.70 Å². The Labute approximate surface area is 218 Å². The van der Waals surface area contributed by atoms with Gasteiger partial charge in [0.2, 0.25) is 6.41 Å². The number of hydrogen-bond acceptors (Lipinski definition) is 8. The smallest absolute Gasteiger partial charge is 0.209 e. The molecule has 2 unspecified atom stereocenters. The van der Waals surface area contributed by atoms with Crippen molar-refractivity contribution in [2.45, 2.75) is 31.5 Å². The van der Waals surface area contributed by atoms with E-state index in [0.29, 0.717) is 29.0 Å². The van der Waals surface area contributed by atoms with E-state index in [1.54, 1.807) is 24.3 Å². The summed E-state index contributed by atoms with van der Waals surface area (Å²) in [5.74, 6) is 0.351. The van der Waals surface area contributed by atoms with Gasteiger partial charge in [0.25, 0.3) is 0 Å². The van der Waals surface area contributed by atoms with E-state index >= 15 is 0 Å². The van der Waals surface area contributed by atoms with E-state index in [1.807, 2.05) is 11.0 Å². The summed E-state index contributed by atoms with van der Waals surface area (Å²) in [5, 5.41) is 10.2. The molecule has 9 heteroatoms. The maximum atomic E-state index is 11.0. The van der Waals surface area contributed by atoms with Gasteiger partial charge in [-0.1, -0.05) is 24.3 Å². The Morgan fingerprint density at radius 1 is 0.946 bits per heavy atom. The van der Waals surface area contributed by atoms with Gasteiger partial charge in [0.15, 0.2) is 0 Å². The summed E-state index contributed by atoms with van der Waals surface area (Å²) in [6.07, 6.45) is 4.94. The van der Waals surface area contributed by atoms with Gasteiger partial charge < -0.3 is 37.0 Å². The van der Waals surface area contributed by atoms with Gasteiger partial charge in [-0.15, -0.1) is 0 Å². The van der Waals surface area contributed by atoms with Crippen LogP contribution in [-0.2, 0) is 11.3 Å². The Bertz CT molecular complexity index is 1170. The standard InChI is InChI=1S/C28H37N7O2/c29-25(24-6-1-2-7-27(24)37)15-26(28(30)31)34-17-22-8-9-23(18-34)35(22)21-5-3-4-20(14-21)16-32-10-12-33(19-36)13-11-32/h1-7,14-15,19,22-23,37H,8-13,16-18,29-31H2/b25-15-. The lowest BCUT2D eigenvalue weighted by Gasteiger charge is -2.44. The van der Waals surface area contributed by atoms with E-state index in [9.17, 15) is 9.90 Å². The summed E-state index contributed by atoms with van der Waals surface area (Å²) < 4.78 is 0. The fraction of sp³-hybridized carbons (Fsp3) is 0.393. The first-order valence-corrected chi connectivity index (χ1v) is 13.0. The first-order valence-electron chi connectivity index (χ1n) is 13.0. The molecule has 9 nitrogen and oxygen atoms in total. The summed E-state index contributed by atoms with van der Waals surface area (Å²) in [6.45, 7) is 5.87. The average molecular weight is 504 g/mol. The van der Waals surface area contributed by atoms with E-state index in [-0.39, 0.29) is 11.6 Å². The molecule has 0 spiro atoms. The van der Waals surface area contributed by atoms with Crippen LogP contribution in [0.2, 0.25) is 0 Å². The number of aromatic hydroxyl groups is 1. The highest BCUT2D eigenvalue weighted by molar-refractivity contribution is 5.70. The summed E-state index contributed by atoms with van der Waals surface area (Å²) in [4.78, 5) is 20.1. The quantitative estimate of drug-likeness (QED) is 0.330. The van der Waals surface area contributed by atoms with Crippen molar-refractivity contribution in [2.24, 2.45) is 17.2 Å². The molecule has 0 saturated carbocycles. The number of phenols is 1.